The summed E-state index contributed by atoms with van der Waals surface area (Å²) in [5.74, 6) is -1.32. The van der Waals surface area contributed by atoms with Crippen LogP contribution in [0.1, 0.15) is 23.6 Å². The molecule has 3 rings (SSSR count). The second kappa shape index (κ2) is 12.6. The van der Waals surface area contributed by atoms with E-state index >= 15 is 0 Å². The quantitative estimate of drug-likeness (QED) is 0.315. The number of likely N-dealkylation sites (N-methyl/N-ethyl adjacent to an activating group) is 1. The average Bonchev–Trinajstić information content (AvgIpc) is 2.89. The highest BCUT2D eigenvalue weighted by Gasteiger charge is 2.36. The summed E-state index contributed by atoms with van der Waals surface area (Å²) in [7, 11) is -3.15. The zero-order chi connectivity index (χ0) is 29.8. The molecule has 0 saturated heterocycles. The van der Waals surface area contributed by atoms with E-state index in [1.54, 1.807) is 31.2 Å². The highest BCUT2D eigenvalue weighted by atomic mass is 79.9. The van der Waals surface area contributed by atoms with Crippen LogP contribution in [0.25, 0.3) is 0 Å². The minimum atomic E-state index is -4.88. The Morgan fingerprint density at radius 1 is 1.05 bits per heavy atom. The number of carbonyl (C=O) groups is 2. The number of rotatable bonds is 9. The lowest BCUT2D eigenvalue weighted by Gasteiger charge is -2.32. The molecule has 0 radical (unpaired) electrons. The van der Waals surface area contributed by atoms with Crippen molar-refractivity contribution in [2.45, 2.75) is 37.5 Å². The van der Waals surface area contributed by atoms with Gasteiger partial charge in [-0.1, -0.05) is 57.4 Å². The molecule has 1 atom stereocenters. The second-order valence-corrected chi connectivity index (χ2v) is 12.1. The van der Waals surface area contributed by atoms with Gasteiger partial charge < -0.3 is 10.2 Å². The van der Waals surface area contributed by atoms with E-state index in [0.29, 0.717) is 15.9 Å². The van der Waals surface area contributed by atoms with Crippen molar-refractivity contribution in [1.82, 2.24) is 10.2 Å². The van der Waals surface area contributed by atoms with Crippen molar-refractivity contribution in [2.75, 3.05) is 17.9 Å². The molecule has 0 saturated carbocycles. The molecule has 13 heteroatoms. The average molecular weight is 661 g/mol. The molecule has 0 aliphatic heterocycles. The first-order chi connectivity index (χ1) is 18.6. The summed E-state index contributed by atoms with van der Waals surface area (Å²) in [5, 5.41) is 1.84. The van der Waals surface area contributed by atoms with Crippen LogP contribution < -0.4 is 9.62 Å². The number of halogens is 5. The molecule has 0 fully saturated rings. The Balaban J connectivity index is 2.13. The molecule has 214 valence electrons. The Kier molecular flexibility index (Phi) is 9.91. The number of sulfonamides is 1. The highest BCUT2D eigenvalue weighted by molar-refractivity contribution is 9.10. The fraction of sp³-hybridized carbons (Fsp3) is 0.259. The van der Waals surface area contributed by atoms with Crippen LogP contribution in [-0.2, 0) is 32.3 Å². The predicted octanol–water partition coefficient (Wildman–Crippen LogP) is 5.79. The minimum absolute atomic E-state index is 0.0697. The Labute approximate surface area is 244 Å². The van der Waals surface area contributed by atoms with Crippen molar-refractivity contribution in [3.8, 4) is 0 Å². The van der Waals surface area contributed by atoms with Crippen LogP contribution in [0.3, 0.4) is 0 Å². The van der Waals surface area contributed by atoms with Gasteiger partial charge in [0.05, 0.1) is 21.2 Å². The van der Waals surface area contributed by atoms with E-state index in [1.807, 2.05) is 0 Å². The first kappa shape index (κ1) is 31.4. The summed E-state index contributed by atoms with van der Waals surface area (Å²) < 4.78 is 69.9. The maximum Gasteiger partial charge on any atom is 0.417 e. The normalized spacial score (nSPS) is 12.5. The van der Waals surface area contributed by atoms with E-state index in [9.17, 15) is 31.2 Å². The van der Waals surface area contributed by atoms with Gasteiger partial charge in [0.25, 0.3) is 10.0 Å². The van der Waals surface area contributed by atoms with Crippen LogP contribution in [0.5, 0.6) is 0 Å². The lowest BCUT2D eigenvalue weighted by Crippen LogP contribution is -2.50. The zero-order valence-corrected chi connectivity index (χ0v) is 24.8. The number of benzene rings is 3. The van der Waals surface area contributed by atoms with Gasteiger partial charge in [0.2, 0.25) is 11.8 Å². The lowest BCUT2D eigenvalue weighted by molar-refractivity contribution is -0.139. The van der Waals surface area contributed by atoms with Gasteiger partial charge in [0.15, 0.2) is 0 Å². The van der Waals surface area contributed by atoms with Crippen molar-refractivity contribution in [2.24, 2.45) is 0 Å². The standard InChI is InChI=1S/C27H26BrClF3N3O4S/c1-17-7-10-22(11-8-17)40(38,39)35(21-9-12-24(29)23(14-21)27(30,31)32)16-25(36)34(18(2)26(37)33-3)15-19-5-4-6-20(28)13-19/h4-14,18H,15-16H2,1-3H3,(H,33,37)/t18-/m1/s1. The fourth-order valence-electron chi connectivity index (χ4n) is 3.88. The number of hydrogen-bond acceptors (Lipinski definition) is 4. The van der Waals surface area contributed by atoms with E-state index in [-0.39, 0.29) is 11.4 Å². The van der Waals surface area contributed by atoms with Gasteiger partial charge in [-0.2, -0.15) is 13.2 Å². The third kappa shape index (κ3) is 7.35. The maximum absolute atomic E-state index is 13.8. The molecule has 0 spiro atoms. The molecule has 3 aromatic rings. The first-order valence-corrected chi connectivity index (χ1v) is 14.5. The third-order valence-corrected chi connectivity index (χ3v) is 8.70. The van der Waals surface area contributed by atoms with Gasteiger partial charge in [0, 0.05) is 18.1 Å². The van der Waals surface area contributed by atoms with Crippen LogP contribution in [-0.4, -0.2) is 44.8 Å². The van der Waals surface area contributed by atoms with E-state index in [1.165, 1.54) is 43.1 Å². The molecule has 1 N–H and O–H groups in total. The van der Waals surface area contributed by atoms with Crippen molar-refractivity contribution in [3.63, 3.8) is 0 Å². The number of nitrogens with zero attached hydrogens (tertiary/aromatic N) is 2. The molecule has 40 heavy (non-hydrogen) atoms. The number of carbonyl (C=O) groups excluding carboxylic acids is 2. The van der Waals surface area contributed by atoms with Crippen LogP contribution in [0, 0.1) is 6.92 Å². The number of aryl methyl sites for hydroxylation is 1. The van der Waals surface area contributed by atoms with Gasteiger partial charge in [0.1, 0.15) is 12.6 Å². The largest absolute Gasteiger partial charge is 0.417 e. The molecule has 0 aliphatic carbocycles. The summed E-state index contributed by atoms with van der Waals surface area (Å²) in [4.78, 5) is 27.2. The number of amides is 2. The minimum Gasteiger partial charge on any atom is -0.357 e. The van der Waals surface area contributed by atoms with Gasteiger partial charge in [-0.15, -0.1) is 0 Å². The van der Waals surface area contributed by atoms with Crippen LogP contribution >= 0.6 is 27.5 Å². The smallest absolute Gasteiger partial charge is 0.357 e. The summed E-state index contributed by atoms with van der Waals surface area (Å²) in [6, 6.07) is 14.2. The highest BCUT2D eigenvalue weighted by Crippen LogP contribution is 2.38. The summed E-state index contributed by atoms with van der Waals surface area (Å²) >= 11 is 9.13. The molecular formula is C27H26BrClF3N3O4S. The third-order valence-electron chi connectivity index (χ3n) is 6.09. The monoisotopic (exact) mass is 659 g/mol. The number of alkyl halides is 3. The Morgan fingerprint density at radius 2 is 1.70 bits per heavy atom. The Hall–Kier alpha value is -3.09. The van der Waals surface area contributed by atoms with Gasteiger partial charge >= 0.3 is 6.18 Å². The van der Waals surface area contributed by atoms with Crippen molar-refractivity contribution in [1.29, 1.82) is 0 Å². The molecule has 0 aliphatic rings. The predicted molar refractivity (Wildman–Crippen MR) is 150 cm³/mol. The zero-order valence-electron chi connectivity index (χ0n) is 21.7. The molecule has 0 unspecified atom stereocenters. The molecule has 7 nitrogen and oxygen atoms in total. The van der Waals surface area contributed by atoms with Gasteiger partial charge in [-0.25, -0.2) is 8.42 Å². The SMILES string of the molecule is CNC(=O)[C@@H](C)N(Cc1cccc(Br)c1)C(=O)CN(c1ccc(Cl)c(C(F)(F)F)c1)S(=O)(=O)c1ccc(C)cc1. The first-order valence-electron chi connectivity index (χ1n) is 11.9. The number of hydrogen-bond donors (Lipinski definition) is 1. The summed E-state index contributed by atoms with van der Waals surface area (Å²) in [6.45, 7) is 2.26. The van der Waals surface area contributed by atoms with Crippen molar-refractivity contribution < 1.29 is 31.2 Å². The number of nitrogens with one attached hydrogen (secondary N) is 1. The fourth-order valence-corrected chi connectivity index (χ4v) is 5.95. The van der Waals surface area contributed by atoms with E-state index < -0.39 is 56.9 Å². The van der Waals surface area contributed by atoms with E-state index in [2.05, 4.69) is 21.2 Å². The van der Waals surface area contributed by atoms with Crippen LogP contribution in [0.4, 0.5) is 18.9 Å². The second-order valence-electron chi connectivity index (χ2n) is 8.93. The van der Waals surface area contributed by atoms with Crippen molar-refractivity contribution in [3.05, 3.63) is 92.9 Å². The summed E-state index contributed by atoms with van der Waals surface area (Å²) in [6.07, 6.45) is -4.88. The molecule has 3 aromatic carbocycles. The van der Waals surface area contributed by atoms with Crippen LogP contribution in [0.15, 0.2) is 76.1 Å². The Morgan fingerprint density at radius 3 is 2.27 bits per heavy atom. The maximum atomic E-state index is 13.8. The van der Waals surface area contributed by atoms with Crippen LogP contribution in [0.2, 0.25) is 5.02 Å². The Bertz CT molecular complexity index is 1500. The van der Waals surface area contributed by atoms with Crippen molar-refractivity contribution >= 4 is 55.1 Å². The molecular weight excluding hydrogens is 635 g/mol. The summed E-state index contributed by atoms with van der Waals surface area (Å²) in [5.41, 5.74) is -0.280. The molecule has 0 bridgehead atoms. The lowest BCUT2D eigenvalue weighted by atomic mass is 10.1. The van der Waals surface area contributed by atoms with E-state index in [4.69, 9.17) is 11.6 Å². The number of anilines is 1. The topological polar surface area (TPSA) is 86.8 Å². The van der Waals surface area contributed by atoms with Gasteiger partial charge in [-0.3, -0.25) is 13.9 Å². The van der Waals surface area contributed by atoms with E-state index in [0.717, 1.165) is 22.2 Å². The molecule has 0 aromatic heterocycles. The van der Waals surface area contributed by atoms with Gasteiger partial charge in [-0.05, 0) is 61.9 Å². The molecule has 2 amide bonds. The molecule has 0 heterocycles.